The monoisotopic (exact) mass is 436 g/mol. The fourth-order valence-electron chi connectivity index (χ4n) is 3.82. The topological polar surface area (TPSA) is 76.7 Å². The van der Waals surface area contributed by atoms with Crippen molar-refractivity contribution in [3.8, 4) is 6.19 Å². The second-order valence-corrected chi connectivity index (χ2v) is 10.0. The van der Waals surface area contributed by atoms with Gasteiger partial charge in [0.15, 0.2) is 0 Å². The van der Waals surface area contributed by atoms with Gasteiger partial charge in [-0.1, -0.05) is 26.0 Å². The van der Waals surface area contributed by atoms with E-state index < -0.39 is 0 Å². The Hall–Kier alpha value is -3.21. The number of hydrazine groups is 1. The van der Waals surface area contributed by atoms with Crippen LogP contribution in [-0.4, -0.2) is 57.7 Å². The third-order valence-electron chi connectivity index (χ3n) is 5.77. The molecule has 0 fully saturated rings. The SMILES string of the molecule is CC1C=CN(CN(C#N)N2C=CC(C)C(C3=NC(C)(C)CO3)=C2)C=C1C1=NC(C)(C)CO1. The van der Waals surface area contributed by atoms with Crippen LogP contribution in [0.4, 0.5) is 0 Å². The molecule has 4 rings (SSSR count). The third kappa shape index (κ3) is 4.52. The van der Waals surface area contributed by atoms with Crippen molar-refractivity contribution in [1.29, 1.82) is 5.26 Å². The molecule has 0 aromatic carbocycles. The van der Waals surface area contributed by atoms with Gasteiger partial charge in [-0.3, -0.25) is 5.01 Å². The van der Waals surface area contributed by atoms with E-state index in [9.17, 15) is 5.26 Å². The fourth-order valence-corrected chi connectivity index (χ4v) is 3.82. The molecule has 4 aliphatic heterocycles. The quantitative estimate of drug-likeness (QED) is 0.483. The highest BCUT2D eigenvalue weighted by Gasteiger charge is 2.33. The Kier molecular flexibility index (Phi) is 5.53. The van der Waals surface area contributed by atoms with Crippen LogP contribution in [0.5, 0.6) is 0 Å². The second kappa shape index (κ2) is 8.05. The molecule has 0 saturated heterocycles. The second-order valence-electron chi connectivity index (χ2n) is 10.0. The molecule has 8 nitrogen and oxygen atoms in total. The van der Waals surface area contributed by atoms with Crippen molar-refractivity contribution in [3.05, 3.63) is 48.1 Å². The minimum atomic E-state index is -0.229. The predicted octanol–water partition coefficient (Wildman–Crippen LogP) is 3.76. The maximum absolute atomic E-state index is 9.90. The van der Waals surface area contributed by atoms with Crippen molar-refractivity contribution >= 4 is 11.8 Å². The summed E-state index contributed by atoms with van der Waals surface area (Å²) in [7, 11) is 0. The largest absolute Gasteiger partial charge is 0.475 e. The van der Waals surface area contributed by atoms with E-state index in [2.05, 4.69) is 59.9 Å². The van der Waals surface area contributed by atoms with Gasteiger partial charge in [0, 0.05) is 47.8 Å². The minimum absolute atomic E-state index is 0.155. The van der Waals surface area contributed by atoms with Gasteiger partial charge in [0.05, 0.1) is 11.1 Å². The number of nitrogens with zero attached hydrogens (tertiary/aromatic N) is 6. The molecule has 0 bridgehead atoms. The molecule has 4 aliphatic rings. The highest BCUT2D eigenvalue weighted by molar-refractivity contribution is 5.96. The summed E-state index contributed by atoms with van der Waals surface area (Å²) in [5.74, 6) is 1.69. The van der Waals surface area contributed by atoms with Crippen molar-refractivity contribution in [2.45, 2.75) is 52.6 Å². The number of nitriles is 1. The molecule has 2 atom stereocenters. The predicted molar refractivity (Wildman–Crippen MR) is 124 cm³/mol. The lowest BCUT2D eigenvalue weighted by atomic mass is 9.99. The van der Waals surface area contributed by atoms with Crippen LogP contribution in [0.3, 0.4) is 0 Å². The van der Waals surface area contributed by atoms with Crippen molar-refractivity contribution in [2.75, 3.05) is 19.9 Å². The van der Waals surface area contributed by atoms with E-state index in [4.69, 9.17) is 19.5 Å². The Labute approximate surface area is 190 Å². The summed E-state index contributed by atoms with van der Waals surface area (Å²) in [4.78, 5) is 11.4. The van der Waals surface area contributed by atoms with Crippen LogP contribution >= 0.6 is 0 Å². The van der Waals surface area contributed by atoms with E-state index in [0.717, 1.165) is 11.1 Å². The van der Waals surface area contributed by atoms with Crippen molar-refractivity contribution in [2.24, 2.45) is 21.8 Å². The summed E-state index contributed by atoms with van der Waals surface area (Å²) in [6.45, 7) is 13.9. The normalized spacial score (nSPS) is 27.7. The van der Waals surface area contributed by atoms with Gasteiger partial charge in [-0.2, -0.15) is 10.3 Å². The summed E-state index contributed by atoms with van der Waals surface area (Å²) in [5.41, 5.74) is 1.54. The lowest BCUT2D eigenvalue weighted by Gasteiger charge is -2.34. The molecule has 0 N–H and O–H groups in total. The zero-order chi connectivity index (χ0) is 23.1. The lowest BCUT2D eigenvalue weighted by Crippen LogP contribution is -2.40. The number of rotatable bonds is 5. The van der Waals surface area contributed by atoms with Crippen LogP contribution in [-0.2, 0) is 9.47 Å². The fraction of sp³-hybridized carbons (Fsp3) is 0.542. The molecular formula is C24H32N6O2. The molecule has 4 heterocycles. The van der Waals surface area contributed by atoms with E-state index in [1.165, 1.54) is 0 Å². The molecule has 2 unspecified atom stereocenters. The van der Waals surface area contributed by atoms with Crippen LogP contribution in [0.2, 0.25) is 0 Å². The van der Waals surface area contributed by atoms with Gasteiger partial charge in [0.2, 0.25) is 18.0 Å². The average Bonchev–Trinajstić information content (AvgIpc) is 3.28. The van der Waals surface area contributed by atoms with Crippen LogP contribution in [0.15, 0.2) is 58.1 Å². The molecule has 0 spiro atoms. The van der Waals surface area contributed by atoms with Gasteiger partial charge in [0.1, 0.15) is 19.9 Å². The number of allylic oxidation sites excluding steroid dienone is 2. The van der Waals surface area contributed by atoms with Gasteiger partial charge in [0.25, 0.3) is 0 Å². The zero-order valence-electron chi connectivity index (χ0n) is 19.7. The molecule has 0 radical (unpaired) electrons. The highest BCUT2D eigenvalue weighted by Crippen LogP contribution is 2.29. The first-order valence-corrected chi connectivity index (χ1v) is 11.0. The van der Waals surface area contributed by atoms with Crippen LogP contribution < -0.4 is 0 Å². The summed E-state index contributed by atoms with van der Waals surface area (Å²) in [6, 6.07) is 0. The molecule has 32 heavy (non-hydrogen) atoms. The van der Waals surface area contributed by atoms with Gasteiger partial charge in [-0.15, -0.1) is 0 Å². The Morgan fingerprint density at radius 2 is 1.50 bits per heavy atom. The first-order chi connectivity index (χ1) is 15.1. The summed E-state index contributed by atoms with van der Waals surface area (Å²) in [5, 5.41) is 13.3. The summed E-state index contributed by atoms with van der Waals surface area (Å²) >= 11 is 0. The number of hydrogen-bond donors (Lipinski definition) is 0. The number of aliphatic imine (C=N–C) groups is 2. The van der Waals surface area contributed by atoms with E-state index in [1.54, 1.807) is 10.0 Å². The number of ether oxygens (including phenoxy) is 2. The van der Waals surface area contributed by atoms with E-state index in [0.29, 0.717) is 31.7 Å². The Morgan fingerprint density at radius 3 is 2.00 bits per heavy atom. The van der Waals surface area contributed by atoms with Crippen LogP contribution in [0.1, 0.15) is 41.5 Å². The van der Waals surface area contributed by atoms with E-state index in [1.807, 2.05) is 29.7 Å². The van der Waals surface area contributed by atoms with Gasteiger partial charge in [-0.05, 0) is 27.7 Å². The van der Waals surface area contributed by atoms with Crippen molar-refractivity contribution in [3.63, 3.8) is 0 Å². The molecule has 8 heteroatoms. The Balaban J connectivity index is 1.53. The molecule has 0 aromatic rings. The molecule has 0 saturated carbocycles. The molecule has 170 valence electrons. The van der Waals surface area contributed by atoms with E-state index in [-0.39, 0.29) is 22.9 Å². The maximum Gasteiger partial charge on any atom is 0.214 e. The van der Waals surface area contributed by atoms with Gasteiger partial charge in [-0.25, -0.2) is 9.98 Å². The van der Waals surface area contributed by atoms with Crippen LogP contribution in [0, 0.1) is 23.3 Å². The van der Waals surface area contributed by atoms with Crippen LogP contribution in [0.25, 0.3) is 0 Å². The number of hydrogen-bond acceptors (Lipinski definition) is 8. The van der Waals surface area contributed by atoms with Gasteiger partial charge < -0.3 is 14.4 Å². The Bertz CT molecular complexity index is 994. The standard InChI is InChI=1S/C24H32N6O2/c1-17-7-9-28(11-19(17)21-26-23(3,4)13-31-21)16-30(15-25)29-10-8-18(2)20(12-29)22-27-24(5,6)14-32-22/h7-12,17-18H,13-14,16H2,1-6H3. The average molecular weight is 437 g/mol. The first-order valence-electron chi connectivity index (χ1n) is 11.0. The molecule has 0 aromatic heterocycles. The maximum atomic E-state index is 9.90. The van der Waals surface area contributed by atoms with Crippen molar-refractivity contribution < 1.29 is 9.47 Å². The minimum Gasteiger partial charge on any atom is -0.475 e. The highest BCUT2D eigenvalue weighted by atomic mass is 16.5. The lowest BCUT2D eigenvalue weighted by molar-refractivity contribution is 0.0972. The molecule has 0 amide bonds. The smallest absolute Gasteiger partial charge is 0.214 e. The van der Waals surface area contributed by atoms with E-state index >= 15 is 0 Å². The van der Waals surface area contributed by atoms with Gasteiger partial charge >= 0.3 is 0 Å². The third-order valence-corrected chi connectivity index (χ3v) is 5.77. The first kappa shape index (κ1) is 22.0. The molecule has 0 aliphatic carbocycles. The zero-order valence-corrected chi connectivity index (χ0v) is 19.7. The summed E-state index contributed by atoms with van der Waals surface area (Å²) in [6.07, 6.45) is 14.3. The Morgan fingerprint density at radius 1 is 0.969 bits per heavy atom. The summed E-state index contributed by atoms with van der Waals surface area (Å²) < 4.78 is 11.7. The molecular weight excluding hydrogens is 404 g/mol. The van der Waals surface area contributed by atoms with Crippen molar-refractivity contribution in [1.82, 2.24) is 14.9 Å².